The molecule has 0 spiro atoms. The number of rotatable bonds is 28. The maximum absolute atomic E-state index is 13.1. The normalized spacial score (nSPS) is 13.5. The number of carboxylic acids is 2. The molecule has 2 aromatic rings. The Labute approximate surface area is 297 Å². The van der Waals surface area contributed by atoms with Gasteiger partial charge in [0.15, 0.2) is 0 Å². The molecule has 0 heterocycles. The van der Waals surface area contributed by atoms with Crippen LogP contribution in [0.4, 0.5) is 0 Å². The van der Waals surface area contributed by atoms with Crippen molar-refractivity contribution in [1.29, 1.82) is 0 Å². The van der Waals surface area contributed by atoms with Crippen LogP contribution in [-0.4, -0.2) is 146 Å². The zero-order valence-corrected chi connectivity index (χ0v) is 30.0. The number of benzene rings is 2. The Kier molecular flexibility index (Phi) is 18.6. The summed E-state index contributed by atoms with van der Waals surface area (Å²) in [7, 11) is -1.59. The van der Waals surface area contributed by atoms with Crippen LogP contribution < -0.4 is 9.47 Å². The van der Waals surface area contributed by atoms with Gasteiger partial charge >= 0.3 is 19.8 Å². The molecule has 2 unspecified atom stereocenters. The molecule has 2 atom stereocenters. The van der Waals surface area contributed by atoms with E-state index in [2.05, 4.69) is 0 Å². The molecular formula is C34H48N3O13P. The SMILES string of the molecule is COc1ccc(C(C)(CCCOP(=O)(O)OCC(CN(CC=O)CCN(CC=O)CC=O)N(CC(=O)O)CC(=O)O)c2ccc(OC)cc2)cc1. The number of nitrogens with zero attached hydrogens (tertiary/aromatic N) is 3. The van der Waals surface area contributed by atoms with Crippen molar-refractivity contribution in [2.24, 2.45) is 0 Å². The van der Waals surface area contributed by atoms with E-state index in [1.807, 2.05) is 55.5 Å². The predicted octanol–water partition coefficient (Wildman–Crippen LogP) is 1.96. The largest absolute Gasteiger partial charge is 0.497 e. The van der Waals surface area contributed by atoms with Crippen LogP contribution in [0.15, 0.2) is 48.5 Å². The van der Waals surface area contributed by atoms with Gasteiger partial charge in [0.1, 0.15) is 30.4 Å². The zero-order valence-electron chi connectivity index (χ0n) is 29.1. The Morgan fingerprint density at radius 2 is 1.24 bits per heavy atom. The average Bonchev–Trinajstić information content (AvgIpc) is 3.10. The van der Waals surface area contributed by atoms with E-state index >= 15 is 0 Å². The summed E-state index contributed by atoms with van der Waals surface area (Å²) < 4.78 is 34.2. The fourth-order valence-corrected chi connectivity index (χ4v) is 6.34. The Hall–Kier alpha value is -4.02. The van der Waals surface area contributed by atoms with Crippen molar-refractivity contribution in [3.63, 3.8) is 0 Å². The van der Waals surface area contributed by atoms with Gasteiger partial charge in [-0.2, -0.15) is 0 Å². The first kappa shape index (κ1) is 43.1. The maximum Gasteiger partial charge on any atom is 0.472 e. The number of carbonyl (C=O) groups excluding carboxylic acids is 3. The van der Waals surface area contributed by atoms with Gasteiger partial charge in [-0.05, 0) is 48.2 Å². The Balaban J connectivity index is 2.19. The molecule has 16 nitrogen and oxygen atoms in total. The second-order valence-electron chi connectivity index (χ2n) is 11.9. The number of carboxylic acid groups (broad SMARTS) is 2. The molecule has 0 bridgehead atoms. The molecule has 0 saturated heterocycles. The fraction of sp³-hybridized carbons (Fsp3) is 0.500. The van der Waals surface area contributed by atoms with Gasteiger partial charge in [0.2, 0.25) is 0 Å². The molecule has 0 aliphatic carbocycles. The molecule has 0 fully saturated rings. The molecule has 0 aromatic heterocycles. The molecule has 2 rings (SSSR count). The van der Waals surface area contributed by atoms with Gasteiger partial charge in [0.05, 0.1) is 60.2 Å². The van der Waals surface area contributed by atoms with E-state index in [0.29, 0.717) is 43.2 Å². The number of hydrogen-bond donors (Lipinski definition) is 3. The van der Waals surface area contributed by atoms with E-state index in [9.17, 15) is 43.6 Å². The van der Waals surface area contributed by atoms with Gasteiger partial charge in [0.25, 0.3) is 0 Å². The molecule has 0 aliphatic rings. The topological polar surface area (TPSA) is 210 Å². The summed E-state index contributed by atoms with van der Waals surface area (Å²) in [6, 6.07) is 14.1. The maximum atomic E-state index is 13.1. The number of ether oxygens (including phenoxy) is 2. The lowest BCUT2D eigenvalue weighted by atomic mass is 9.73. The number of aldehydes is 3. The highest BCUT2D eigenvalue weighted by Crippen LogP contribution is 2.44. The minimum atomic E-state index is -4.74. The van der Waals surface area contributed by atoms with Crippen molar-refractivity contribution < 1.29 is 62.2 Å². The highest BCUT2D eigenvalue weighted by molar-refractivity contribution is 7.47. The van der Waals surface area contributed by atoms with Crippen LogP contribution in [0.25, 0.3) is 0 Å². The van der Waals surface area contributed by atoms with Gasteiger partial charge in [0, 0.05) is 31.1 Å². The van der Waals surface area contributed by atoms with Crippen LogP contribution in [0, 0.1) is 0 Å². The summed E-state index contributed by atoms with van der Waals surface area (Å²) in [6.07, 6.45) is 2.62. The monoisotopic (exact) mass is 737 g/mol. The van der Waals surface area contributed by atoms with Crippen molar-refractivity contribution in [2.75, 3.05) is 79.8 Å². The van der Waals surface area contributed by atoms with Gasteiger partial charge in [-0.25, -0.2) is 4.57 Å². The van der Waals surface area contributed by atoms with Crippen LogP contribution in [-0.2, 0) is 43.0 Å². The van der Waals surface area contributed by atoms with Gasteiger partial charge in [-0.1, -0.05) is 31.2 Å². The van der Waals surface area contributed by atoms with Crippen molar-refractivity contribution in [1.82, 2.24) is 14.7 Å². The van der Waals surface area contributed by atoms with Crippen LogP contribution in [0.1, 0.15) is 30.9 Å². The molecular weight excluding hydrogens is 689 g/mol. The number of phosphoric acid groups is 1. The minimum Gasteiger partial charge on any atom is -0.497 e. The van der Waals surface area contributed by atoms with E-state index in [4.69, 9.17) is 18.5 Å². The second kappa shape index (κ2) is 22.0. The Morgan fingerprint density at radius 1 is 0.784 bits per heavy atom. The first-order valence-corrected chi connectivity index (χ1v) is 17.6. The summed E-state index contributed by atoms with van der Waals surface area (Å²) in [5.41, 5.74) is 1.39. The highest BCUT2D eigenvalue weighted by Gasteiger charge is 2.32. The number of methoxy groups -OCH3 is 2. The van der Waals surface area contributed by atoms with Crippen LogP contribution in [0.2, 0.25) is 0 Å². The third kappa shape index (κ3) is 15.0. The summed E-state index contributed by atoms with van der Waals surface area (Å²) in [5.74, 6) is -1.33. The van der Waals surface area contributed by atoms with Gasteiger partial charge < -0.3 is 39.0 Å². The first-order chi connectivity index (χ1) is 24.3. The number of hydrogen-bond acceptors (Lipinski definition) is 13. The number of aliphatic carboxylic acids is 2. The smallest absolute Gasteiger partial charge is 0.472 e. The van der Waals surface area contributed by atoms with E-state index in [0.717, 1.165) is 16.0 Å². The van der Waals surface area contributed by atoms with Crippen molar-refractivity contribution in [3.05, 3.63) is 59.7 Å². The summed E-state index contributed by atoms with van der Waals surface area (Å²) in [4.78, 5) is 71.4. The fourth-order valence-electron chi connectivity index (χ4n) is 5.54. The lowest BCUT2D eigenvalue weighted by molar-refractivity contribution is -0.143. The quantitative estimate of drug-likeness (QED) is 0.0648. The lowest BCUT2D eigenvalue weighted by Crippen LogP contribution is -2.51. The van der Waals surface area contributed by atoms with Crippen LogP contribution in [0.5, 0.6) is 11.5 Å². The van der Waals surface area contributed by atoms with Gasteiger partial charge in [-0.3, -0.25) is 33.3 Å². The molecule has 0 aliphatic heterocycles. The van der Waals surface area contributed by atoms with E-state index < -0.39 is 50.9 Å². The molecule has 0 amide bonds. The number of carbonyl (C=O) groups is 5. The van der Waals surface area contributed by atoms with Gasteiger partial charge in [-0.15, -0.1) is 0 Å². The van der Waals surface area contributed by atoms with E-state index in [1.54, 1.807) is 14.2 Å². The predicted molar refractivity (Wildman–Crippen MR) is 185 cm³/mol. The number of phosphoric ester groups is 1. The van der Waals surface area contributed by atoms with Crippen LogP contribution >= 0.6 is 7.82 Å². The van der Waals surface area contributed by atoms with Crippen molar-refractivity contribution >= 4 is 38.6 Å². The molecule has 282 valence electrons. The molecule has 51 heavy (non-hydrogen) atoms. The third-order valence-electron chi connectivity index (χ3n) is 8.35. The summed E-state index contributed by atoms with van der Waals surface area (Å²) >= 11 is 0. The zero-order chi connectivity index (χ0) is 37.9. The third-order valence-corrected chi connectivity index (χ3v) is 9.34. The van der Waals surface area contributed by atoms with Crippen molar-refractivity contribution in [2.45, 2.75) is 31.2 Å². The second-order valence-corrected chi connectivity index (χ2v) is 13.3. The standard InChI is InChI=1S/C34H48N3O13P/c1-34(27-5-9-30(47-2)10-6-27,28-7-11-31(48-3)12-8-28)13-4-22-49-51(45,46)50-26-29(37(24-32(41)42)25-33(43)44)23-36(18-21-40)15-14-35(16-19-38)17-20-39/h5-12,19-21,29H,4,13-18,22-26H2,1-3H3,(H,41,42)(H,43,44)(H,45,46). The highest BCUT2D eigenvalue weighted by atomic mass is 31.2. The molecule has 0 radical (unpaired) electrons. The molecule has 17 heteroatoms. The first-order valence-electron chi connectivity index (χ1n) is 16.1. The lowest BCUT2D eigenvalue weighted by Gasteiger charge is -2.34. The molecule has 3 N–H and O–H groups in total. The van der Waals surface area contributed by atoms with E-state index in [1.165, 1.54) is 9.80 Å². The minimum absolute atomic E-state index is 0.0469. The average molecular weight is 738 g/mol. The summed E-state index contributed by atoms with van der Waals surface area (Å²) in [5, 5.41) is 18.9. The summed E-state index contributed by atoms with van der Waals surface area (Å²) in [6.45, 7) is -0.384. The molecule has 0 saturated carbocycles. The van der Waals surface area contributed by atoms with E-state index in [-0.39, 0.29) is 45.9 Å². The molecule has 2 aromatic carbocycles. The Bertz CT molecular complexity index is 1370. The Morgan fingerprint density at radius 3 is 1.67 bits per heavy atom. The van der Waals surface area contributed by atoms with Crippen LogP contribution in [0.3, 0.4) is 0 Å². The van der Waals surface area contributed by atoms with Crippen molar-refractivity contribution in [3.8, 4) is 11.5 Å².